The summed E-state index contributed by atoms with van der Waals surface area (Å²) < 4.78 is 5.78. The van der Waals surface area contributed by atoms with E-state index >= 15 is 0 Å². The third kappa shape index (κ3) is 2.89. The van der Waals surface area contributed by atoms with Gasteiger partial charge in [-0.3, -0.25) is 9.69 Å². The number of hydrogen-bond donors (Lipinski definition) is 0. The highest BCUT2D eigenvalue weighted by molar-refractivity contribution is 8.00. The van der Waals surface area contributed by atoms with Gasteiger partial charge >= 0.3 is 5.97 Å². The van der Waals surface area contributed by atoms with Crippen molar-refractivity contribution in [2.45, 2.75) is 5.37 Å². The van der Waals surface area contributed by atoms with Gasteiger partial charge in [0, 0.05) is 0 Å². The molecule has 0 bridgehead atoms. The monoisotopic (exact) mass is 370 g/mol. The SMILES string of the molecule is COC(=O)c1ccc(C2SCC(=O)N2c2nc3ccccc3s2)cc1. The van der Waals surface area contributed by atoms with Crippen LogP contribution in [0.3, 0.4) is 0 Å². The van der Waals surface area contributed by atoms with E-state index in [2.05, 4.69) is 4.98 Å². The van der Waals surface area contributed by atoms with Gasteiger partial charge in [-0.15, -0.1) is 11.8 Å². The first-order chi connectivity index (χ1) is 12.2. The van der Waals surface area contributed by atoms with Crippen molar-refractivity contribution in [3.8, 4) is 0 Å². The molecule has 1 saturated heterocycles. The Morgan fingerprint density at radius 1 is 1.20 bits per heavy atom. The topological polar surface area (TPSA) is 59.5 Å². The van der Waals surface area contributed by atoms with Crippen molar-refractivity contribution in [1.82, 2.24) is 4.98 Å². The number of hydrogen-bond acceptors (Lipinski definition) is 6. The molecule has 7 heteroatoms. The maximum absolute atomic E-state index is 12.5. The summed E-state index contributed by atoms with van der Waals surface area (Å²) in [7, 11) is 1.36. The number of nitrogens with zero attached hydrogens (tertiary/aromatic N) is 2. The molecule has 0 aliphatic carbocycles. The highest BCUT2D eigenvalue weighted by Gasteiger charge is 2.36. The fourth-order valence-electron chi connectivity index (χ4n) is 2.74. The minimum absolute atomic E-state index is 0.0473. The van der Waals surface area contributed by atoms with Gasteiger partial charge in [0.1, 0.15) is 5.37 Å². The average Bonchev–Trinajstić information content (AvgIpc) is 3.24. The minimum Gasteiger partial charge on any atom is -0.465 e. The predicted octanol–water partition coefficient (Wildman–Crippen LogP) is 3.86. The molecule has 25 heavy (non-hydrogen) atoms. The molecule has 1 aliphatic rings. The zero-order valence-corrected chi connectivity index (χ0v) is 15.0. The highest BCUT2D eigenvalue weighted by Crippen LogP contribution is 2.44. The summed E-state index contributed by atoms with van der Waals surface area (Å²) in [6.07, 6.45) is 0. The van der Waals surface area contributed by atoms with Crippen LogP contribution in [0.2, 0.25) is 0 Å². The maximum atomic E-state index is 12.5. The summed E-state index contributed by atoms with van der Waals surface area (Å²) in [5.74, 6) is 0.0927. The third-order valence-corrected chi connectivity index (χ3v) is 6.22. The smallest absolute Gasteiger partial charge is 0.337 e. The first-order valence-corrected chi connectivity index (χ1v) is 9.51. The van der Waals surface area contributed by atoms with Crippen molar-refractivity contribution in [3.63, 3.8) is 0 Å². The molecule has 1 unspecified atom stereocenters. The van der Waals surface area contributed by atoms with Gasteiger partial charge in [-0.1, -0.05) is 35.6 Å². The van der Waals surface area contributed by atoms with Crippen molar-refractivity contribution >= 4 is 50.3 Å². The molecule has 1 atom stereocenters. The number of esters is 1. The summed E-state index contributed by atoms with van der Waals surface area (Å²) in [6, 6.07) is 15.0. The van der Waals surface area contributed by atoms with E-state index in [9.17, 15) is 9.59 Å². The fourth-order valence-corrected chi connectivity index (χ4v) is 4.98. The van der Waals surface area contributed by atoms with Crippen LogP contribution in [0.1, 0.15) is 21.3 Å². The molecule has 1 aliphatic heterocycles. The number of benzene rings is 2. The minimum atomic E-state index is -0.371. The molecule has 4 rings (SSSR count). The van der Waals surface area contributed by atoms with Gasteiger partial charge in [0.25, 0.3) is 0 Å². The Labute approximate surface area is 152 Å². The molecular weight excluding hydrogens is 356 g/mol. The van der Waals surface area contributed by atoms with Crippen molar-refractivity contribution in [1.29, 1.82) is 0 Å². The largest absolute Gasteiger partial charge is 0.465 e. The van der Waals surface area contributed by atoms with Crippen LogP contribution in [-0.4, -0.2) is 29.7 Å². The van der Waals surface area contributed by atoms with E-state index in [1.165, 1.54) is 18.4 Å². The summed E-state index contributed by atoms with van der Waals surface area (Å²) in [6.45, 7) is 0. The van der Waals surface area contributed by atoms with Crippen LogP contribution in [-0.2, 0) is 9.53 Å². The number of amides is 1. The number of methoxy groups -OCH3 is 1. The van der Waals surface area contributed by atoms with Crippen LogP contribution in [0.5, 0.6) is 0 Å². The number of fused-ring (bicyclic) bond motifs is 1. The number of thiazole rings is 1. The number of ether oxygens (including phenoxy) is 1. The van der Waals surface area contributed by atoms with Crippen molar-refractivity contribution in [3.05, 3.63) is 59.7 Å². The third-order valence-electron chi connectivity index (χ3n) is 3.97. The number of carbonyl (C=O) groups is 2. The van der Waals surface area contributed by atoms with E-state index in [1.807, 2.05) is 36.4 Å². The molecule has 5 nitrogen and oxygen atoms in total. The lowest BCUT2D eigenvalue weighted by Crippen LogP contribution is -2.27. The Morgan fingerprint density at radius 3 is 2.68 bits per heavy atom. The average molecular weight is 370 g/mol. The van der Waals surface area contributed by atoms with Crippen LogP contribution in [0.4, 0.5) is 5.13 Å². The molecule has 0 saturated carbocycles. The zero-order chi connectivity index (χ0) is 17.4. The van der Waals surface area contributed by atoms with Gasteiger partial charge in [-0.25, -0.2) is 9.78 Å². The lowest BCUT2D eigenvalue weighted by atomic mass is 10.1. The van der Waals surface area contributed by atoms with E-state index in [0.717, 1.165) is 15.8 Å². The Balaban J connectivity index is 1.69. The first kappa shape index (κ1) is 16.1. The summed E-state index contributed by atoms with van der Waals surface area (Å²) >= 11 is 3.08. The van der Waals surface area contributed by atoms with Gasteiger partial charge in [0.2, 0.25) is 5.91 Å². The van der Waals surface area contributed by atoms with E-state index in [1.54, 1.807) is 28.8 Å². The molecule has 2 heterocycles. The lowest BCUT2D eigenvalue weighted by molar-refractivity contribution is -0.115. The van der Waals surface area contributed by atoms with Gasteiger partial charge in [-0.05, 0) is 29.8 Å². The molecule has 1 aromatic heterocycles. The zero-order valence-electron chi connectivity index (χ0n) is 13.3. The second-order valence-corrected chi connectivity index (χ2v) is 7.58. The van der Waals surface area contributed by atoms with Crippen molar-refractivity contribution in [2.75, 3.05) is 17.8 Å². The van der Waals surface area contributed by atoms with E-state index in [4.69, 9.17) is 4.74 Å². The molecule has 0 spiro atoms. The van der Waals surface area contributed by atoms with E-state index in [-0.39, 0.29) is 17.3 Å². The number of para-hydroxylation sites is 1. The van der Waals surface area contributed by atoms with E-state index in [0.29, 0.717) is 16.4 Å². The number of rotatable bonds is 3. The molecule has 0 N–H and O–H groups in total. The Bertz CT molecular complexity index is 919. The number of anilines is 1. The van der Waals surface area contributed by atoms with Crippen molar-refractivity contribution < 1.29 is 14.3 Å². The normalized spacial score (nSPS) is 17.2. The summed E-state index contributed by atoms with van der Waals surface area (Å²) in [5.41, 5.74) is 2.35. The Morgan fingerprint density at radius 2 is 1.96 bits per heavy atom. The van der Waals surface area contributed by atoms with Crippen LogP contribution in [0.25, 0.3) is 10.2 Å². The van der Waals surface area contributed by atoms with Gasteiger partial charge in [-0.2, -0.15) is 0 Å². The fraction of sp³-hybridized carbons (Fsp3) is 0.167. The molecule has 1 amide bonds. The molecular formula is C18H14N2O3S2. The number of carbonyl (C=O) groups excluding carboxylic acids is 2. The Kier molecular flexibility index (Phi) is 4.19. The second kappa shape index (κ2) is 6.50. The summed E-state index contributed by atoms with van der Waals surface area (Å²) in [4.78, 5) is 30.4. The quantitative estimate of drug-likeness (QED) is 0.655. The first-order valence-electron chi connectivity index (χ1n) is 7.65. The maximum Gasteiger partial charge on any atom is 0.337 e. The summed E-state index contributed by atoms with van der Waals surface area (Å²) in [5, 5.41) is 0.568. The molecule has 2 aromatic carbocycles. The standard InChI is InChI=1S/C18H14N2O3S2/c1-23-17(22)12-8-6-11(7-9-12)16-20(15(21)10-24-16)18-19-13-4-2-3-5-14(13)25-18/h2-9,16H,10H2,1H3. The second-order valence-electron chi connectivity index (χ2n) is 5.50. The highest BCUT2D eigenvalue weighted by atomic mass is 32.2. The molecule has 1 fully saturated rings. The molecule has 3 aromatic rings. The molecule has 126 valence electrons. The van der Waals surface area contributed by atoms with Gasteiger partial charge in [0.05, 0.1) is 28.6 Å². The number of aromatic nitrogens is 1. The number of thioether (sulfide) groups is 1. The van der Waals surface area contributed by atoms with Crippen LogP contribution in [0, 0.1) is 0 Å². The molecule has 0 radical (unpaired) electrons. The van der Waals surface area contributed by atoms with Crippen LogP contribution in [0.15, 0.2) is 48.5 Å². The van der Waals surface area contributed by atoms with Crippen molar-refractivity contribution in [2.24, 2.45) is 0 Å². The van der Waals surface area contributed by atoms with Crippen LogP contribution < -0.4 is 4.90 Å². The Hall–Kier alpha value is -2.38. The van der Waals surface area contributed by atoms with Gasteiger partial charge < -0.3 is 4.74 Å². The van der Waals surface area contributed by atoms with Crippen LogP contribution >= 0.6 is 23.1 Å². The van der Waals surface area contributed by atoms with Gasteiger partial charge in [0.15, 0.2) is 5.13 Å². The van der Waals surface area contributed by atoms with E-state index < -0.39 is 0 Å². The lowest BCUT2D eigenvalue weighted by Gasteiger charge is -2.21. The predicted molar refractivity (Wildman–Crippen MR) is 100 cm³/mol.